The minimum Gasteiger partial charge on any atom is -0.273 e. The van der Waals surface area contributed by atoms with Gasteiger partial charge in [0.05, 0.1) is 0 Å². The third-order valence-electron chi connectivity index (χ3n) is 4.19. The molecule has 0 bridgehead atoms. The van der Waals surface area contributed by atoms with Crippen molar-refractivity contribution in [3.05, 3.63) is 59.7 Å². The minimum absolute atomic E-state index is 0.141. The van der Waals surface area contributed by atoms with Gasteiger partial charge in [0.25, 0.3) is 5.91 Å². The Morgan fingerprint density at radius 3 is 2.52 bits per heavy atom. The van der Waals surface area contributed by atoms with Gasteiger partial charge in [-0.2, -0.15) is 4.80 Å². The van der Waals surface area contributed by atoms with Crippen LogP contribution in [0.2, 0.25) is 0 Å². The number of tetrazole rings is 1. The van der Waals surface area contributed by atoms with Crippen molar-refractivity contribution in [2.45, 2.75) is 31.7 Å². The van der Waals surface area contributed by atoms with Gasteiger partial charge in [-0.05, 0) is 42.3 Å². The number of aryl methyl sites for hydroxylation is 2. The molecule has 1 heterocycles. The van der Waals surface area contributed by atoms with Crippen LogP contribution < -0.4 is 10.9 Å². The maximum absolute atomic E-state index is 12.0. The fourth-order valence-corrected chi connectivity index (χ4v) is 3.40. The first-order valence-electron chi connectivity index (χ1n) is 9.12. The Kier molecular flexibility index (Phi) is 6.96. The average Bonchev–Trinajstić information content (AvgIpc) is 3.18. The van der Waals surface area contributed by atoms with Crippen molar-refractivity contribution < 1.29 is 9.59 Å². The molecule has 0 spiro atoms. The van der Waals surface area contributed by atoms with Gasteiger partial charge in [-0.25, -0.2) is 0 Å². The van der Waals surface area contributed by atoms with E-state index in [-0.39, 0.29) is 18.9 Å². The third kappa shape index (κ3) is 6.15. The van der Waals surface area contributed by atoms with E-state index in [9.17, 15) is 9.59 Å². The molecule has 8 nitrogen and oxygen atoms in total. The van der Waals surface area contributed by atoms with E-state index >= 15 is 0 Å². The number of aromatic nitrogens is 4. The molecule has 0 atom stereocenters. The van der Waals surface area contributed by atoms with Crippen molar-refractivity contribution in [3.63, 3.8) is 0 Å². The monoisotopic (exact) mass is 410 g/mol. The number of hydrogen-bond donors (Lipinski definition) is 2. The Bertz CT molecular complexity index is 990. The van der Waals surface area contributed by atoms with Crippen molar-refractivity contribution in [1.82, 2.24) is 31.1 Å². The van der Waals surface area contributed by atoms with Crippen molar-refractivity contribution in [2.75, 3.05) is 5.75 Å². The summed E-state index contributed by atoms with van der Waals surface area (Å²) < 4.78 is 0. The number of carbonyl (C=O) groups is 2. The molecule has 0 unspecified atom stereocenters. The summed E-state index contributed by atoms with van der Waals surface area (Å²) in [6.45, 7) is 3.99. The molecule has 2 aromatic carbocycles. The molecule has 29 heavy (non-hydrogen) atoms. The molecule has 0 radical (unpaired) electrons. The molecule has 0 fully saturated rings. The Labute approximate surface area is 173 Å². The van der Waals surface area contributed by atoms with E-state index < -0.39 is 5.91 Å². The van der Waals surface area contributed by atoms with Gasteiger partial charge in [0, 0.05) is 22.6 Å². The highest BCUT2D eigenvalue weighted by Gasteiger charge is 2.10. The van der Waals surface area contributed by atoms with Crippen LogP contribution >= 0.6 is 11.8 Å². The first kappa shape index (κ1) is 20.5. The summed E-state index contributed by atoms with van der Waals surface area (Å²) in [6.07, 6.45) is 0.289. The molecule has 1 aromatic heterocycles. The van der Waals surface area contributed by atoms with E-state index in [1.54, 1.807) is 11.8 Å². The molecule has 3 rings (SSSR count). The number of benzene rings is 2. The van der Waals surface area contributed by atoms with Crippen molar-refractivity contribution in [2.24, 2.45) is 0 Å². The summed E-state index contributed by atoms with van der Waals surface area (Å²) in [6, 6.07) is 15.6. The highest BCUT2D eigenvalue weighted by atomic mass is 32.2. The van der Waals surface area contributed by atoms with Crippen LogP contribution in [0.3, 0.4) is 0 Å². The molecule has 150 valence electrons. The number of thioether (sulfide) groups is 1. The predicted octanol–water partition coefficient (Wildman–Crippen LogP) is 2.29. The molecule has 0 saturated carbocycles. The second kappa shape index (κ2) is 9.83. The maximum Gasteiger partial charge on any atom is 0.262 e. The maximum atomic E-state index is 12.0. The van der Waals surface area contributed by atoms with Gasteiger partial charge in [-0.3, -0.25) is 20.4 Å². The van der Waals surface area contributed by atoms with Crippen LogP contribution in [-0.2, 0) is 16.1 Å². The van der Waals surface area contributed by atoms with E-state index in [4.69, 9.17) is 0 Å². The molecule has 2 amide bonds. The van der Waals surface area contributed by atoms with E-state index in [0.29, 0.717) is 11.6 Å². The van der Waals surface area contributed by atoms with Crippen molar-refractivity contribution in [3.8, 4) is 11.4 Å². The van der Waals surface area contributed by atoms with Crippen LogP contribution in [-0.4, -0.2) is 37.8 Å². The lowest BCUT2D eigenvalue weighted by molar-refractivity contribution is -0.129. The first-order valence-corrected chi connectivity index (χ1v) is 10.1. The lowest BCUT2D eigenvalue weighted by atomic mass is 10.1. The number of hydrazine groups is 1. The zero-order valence-electron chi connectivity index (χ0n) is 16.3. The molecule has 0 saturated heterocycles. The molecule has 2 N–H and O–H groups in total. The van der Waals surface area contributed by atoms with Gasteiger partial charge in [0.15, 0.2) is 0 Å². The van der Waals surface area contributed by atoms with Crippen molar-refractivity contribution >= 4 is 23.6 Å². The van der Waals surface area contributed by atoms with Crippen LogP contribution in [0.15, 0.2) is 53.4 Å². The van der Waals surface area contributed by atoms with Crippen LogP contribution in [0.1, 0.15) is 17.5 Å². The Morgan fingerprint density at radius 2 is 1.76 bits per heavy atom. The van der Waals surface area contributed by atoms with Crippen LogP contribution in [0.4, 0.5) is 0 Å². The summed E-state index contributed by atoms with van der Waals surface area (Å²) in [4.78, 5) is 26.2. The average molecular weight is 411 g/mol. The third-order valence-corrected chi connectivity index (χ3v) is 5.18. The number of carbonyl (C=O) groups excluding carboxylic acids is 2. The van der Waals surface area contributed by atoms with Crippen molar-refractivity contribution in [1.29, 1.82) is 0 Å². The van der Waals surface area contributed by atoms with Gasteiger partial charge in [-0.1, -0.05) is 36.4 Å². The summed E-state index contributed by atoms with van der Waals surface area (Å²) in [7, 11) is 0. The van der Waals surface area contributed by atoms with Gasteiger partial charge >= 0.3 is 0 Å². The fraction of sp³-hybridized carbons (Fsp3) is 0.250. The highest BCUT2D eigenvalue weighted by molar-refractivity contribution is 7.99. The Morgan fingerprint density at radius 1 is 1.00 bits per heavy atom. The van der Waals surface area contributed by atoms with E-state index in [1.807, 2.05) is 36.4 Å². The lowest BCUT2D eigenvalue weighted by Gasteiger charge is -2.07. The second-order valence-corrected chi connectivity index (χ2v) is 7.62. The van der Waals surface area contributed by atoms with Crippen LogP contribution in [0, 0.1) is 13.8 Å². The molecule has 0 aliphatic rings. The van der Waals surface area contributed by atoms with Gasteiger partial charge in [-0.15, -0.1) is 22.0 Å². The predicted molar refractivity (Wildman–Crippen MR) is 111 cm³/mol. The quantitative estimate of drug-likeness (QED) is 0.458. The second-order valence-electron chi connectivity index (χ2n) is 6.45. The minimum atomic E-state index is -0.433. The SMILES string of the molecule is Cc1ccc(SCCC(=O)NNC(=O)Cn2nnc(-c3ccccc3)n2)cc1C. The summed E-state index contributed by atoms with van der Waals surface area (Å²) in [5.74, 6) is 0.365. The molecule has 3 aromatic rings. The normalized spacial score (nSPS) is 10.6. The molecular formula is C20H22N6O2S. The number of nitrogens with zero attached hydrogens (tertiary/aromatic N) is 4. The summed E-state index contributed by atoms with van der Waals surface area (Å²) in [5.41, 5.74) is 8.06. The number of amides is 2. The van der Waals surface area contributed by atoms with E-state index in [0.717, 1.165) is 10.5 Å². The van der Waals surface area contributed by atoms with E-state index in [2.05, 4.69) is 52.2 Å². The Hall–Kier alpha value is -3.20. The molecule has 9 heteroatoms. The largest absolute Gasteiger partial charge is 0.273 e. The number of hydrogen-bond acceptors (Lipinski definition) is 6. The fourth-order valence-electron chi connectivity index (χ4n) is 2.45. The van der Waals surface area contributed by atoms with Crippen LogP contribution in [0.25, 0.3) is 11.4 Å². The highest BCUT2D eigenvalue weighted by Crippen LogP contribution is 2.21. The number of rotatable bonds is 7. The standard InChI is InChI=1S/C20H22N6O2S/c1-14-8-9-17(12-15(14)2)29-11-10-18(27)21-22-19(28)13-26-24-20(23-25-26)16-6-4-3-5-7-16/h3-9,12H,10-11,13H2,1-2H3,(H,21,27)(H,22,28). The first-order chi connectivity index (χ1) is 14.0. The molecule has 0 aliphatic carbocycles. The van der Waals surface area contributed by atoms with Crippen LogP contribution in [0.5, 0.6) is 0 Å². The smallest absolute Gasteiger partial charge is 0.262 e. The Balaban J connectivity index is 1.38. The van der Waals surface area contributed by atoms with Gasteiger partial charge < -0.3 is 0 Å². The lowest BCUT2D eigenvalue weighted by Crippen LogP contribution is -2.43. The topological polar surface area (TPSA) is 102 Å². The molecule has 0 aliphatic heterocycles. The van der Waals surface area contributed by atoms with Gasteiger partial charge in [0.1, 0.15) is 6.54 Å². The zero-order chi connectivity index (χ0) is 20.6. The summed E-state index contributed by atoms with van der Waals surface area (Å²) in [5, 5.41) is 11.9. The van der Waals surface area contributed by atoms with Gasteiger partial charge in [0.2, 0.25) is 11.7 Å². The molecular weight excluding hydrogens is 388 g/mol. The van der Waals surface area contributed by atoms with E-state index in [1.165, 1.54) is 15.9 Å². The summed E-state index contributed by atoms with van der Waals surface area (Å²) >= 11 is 1.60. The zero-order valence-corrected chi connectivity index (χ0v) is 17.1. The number of nitrogens with one attached hydrogen (secondary N) is 2.